The third-order valence-corrected chi connectivity index (χ3v) is 7.70. The molecular weight excluding hydrogens is 416 g/mol. The lowest BCUT2D eigenvalue weighted by molar-refractivity contribution is -0.127. The molecule has 1 N–H and O–H groups in total. The van der Waals surface area contributed by atoms with Gasteiger partial charge in [-0.2, -0.15) is 0 Å². The Morgan fingerprint density at radius 1 is 1.09 bits per heavy atom. The molecule has 3 aliphatic heterocycles. The number of ether oxygens (including phenoxy) is 2. The Labute approximate surface area is 195 Å². The van der Waals surface area contributed by atoms with E-state index in [1.54, 1.807) is 6.20 Å². The molecule has 4 heterocycles. The summed E-state index contributed by atoms with van der Waals surface area (Å²) in [7, 11) is 0. The number of nitrogens with one attached hydrogen (secondary N) is 1. The van der Waals surface area contributed by atoms with Crippen LogP contribution >= 0.6 is 0 Å². The van der Waals surface area contributed by atoms with E-state index in [0.29, 0.717) is 18.6 Å². The van der Waals surface area contributed by atoms with E-state index >= 15 is 0 Å². The molecule has 0 radical (unpaired) electrons. The standard InChI is InChI=1S/C26H32N4O3/c31-26(19-5-8-24-18(15-19)4-2-12-33-24)30-17-20-3-1-9-27-25(20)28-22-7-6-21(16-23(22)30)29-10-13-32-14-11-29/h1,3,6-7,9,16,18-19,24H,2,4-5,8,10-15,17H2,(H,27,28)/t18-,19+,24+/m0/s1. The molecule has 33 heavy (non-hydrogen) atoms. The molecule has 6 rings (SSSR count). The summed E-state index contributed by atoms with van der Waals surface area (Å²) in [5.74, 6) is 1.63. The van der Waals surface area contributed by atoms with Gasteiger partial charge in [-0.05, 0) is 62.3 Å². The van der Waals surface area contributed by atoms with E-state index in [0.717, 1.165) is 87.0 Å². The van der Waals surface area contributed by atoms with Crippen LogP contribution in [0.4, 0.5) is 22.9 Å². The molecule has 1 aliphatic carbocycles. The summed E-state index contributed by atoms with van der Waals surface area (Å²) < 4.78 is 11.5. The Hall–Kier alpha value is -2.64. The number of benzene rings is 1. The van der Waals surface area contributed by atoms with Gasteiger partial charge in [-0.1, -0.05) is 6.07 Å². The Morgan fingerprint density at radius 2 is 2.00 bits per heavy atom. The second-order valence-electron chi connectivity index (χ2n) is 9.68. The smallest absolute Gasteiger partial charge is 0.230 e. The summed E-state index contributed by atoms with van der Waals surface area (Å²) in [5, 5.41) is 3.50. The summed E-state index contributed by atoms with van der Waals surface area (Å²) in [5.41, 5.74) is 4.07. The quantitative estimate of drug-likeness (QED) is 0.746. The van der Waals surface area contributed by atoms with E-state index in [-0.39, 0.29) is 11.8 Å². The molecule has 1 amide bonds. The highest BCUT2D eigenvalue weighted by atomic mass is 16.5. The molecule has 0 unspecified atom stereocenters. The zero-order valence-electron chi connectivity index (χ0n) is 19.0. The molecule has 0 bridgehead atoms. The third kappa shape index (κ3) is 4.08. The molecule has 0 spiro atoms. The van der Waals surface area contributed by atoms with Gasteiger partial charge in [0.05, 0.1) is 37.2 Å². The van der Waals surface area contributed by atoms with Crippen molar-refractivity contribution in [3.8, 4) is 0 Å². The van der Waals surface area contributed by atoms with Gasteiger partial charge >= 0.3 is 0 Å². The van der Waals surface area contributed by atoms with Crippen molar-refractivity contribution >= 4 is 28.8 Å². The number of pyridine rings is 1. The molecule has 2 saturated heterocycles. The molecule has 1 aromatic carbocycles. The zero-order chi connectivity index (χ0) is 22.2. The zero-order valence-corrected chi connectivity index (χ0v) is 19.0. The highest BCUT2D eigenvalue weighted by Gasteiger charge is 2.38. The Bertz CT molecular complexity index is 1020. The number of nitrogens with zero attached hydrogens (tertiary/aromatic N) is 3. The average Bonchev–Trinajstić information content (AvgIpc) is 3.05. The van der Waals surface area contributed by atoms with Crippen LogP contribution in [0, 0.1) is 11.8 Å². The van der Waals surface area contributed by atoms with Gasteiger partial charge in [-0.25, -0.2) is 4.98 Å². The summed E-state index contributed by atoms with van der Waals surface area (Å²) in [4.78, 5) is 23.0. The van der Waals surface area contributed by atoms with E-state index in [9.17, 15) is 4.79 Å². The summed E-state index contributed by atoms with van der Waals surface area (Å²) in [6.07, 6.45) is 7.27. The molecule has 174 valence electrons. The number of hydrogen-bond donors (Lipinski definition) is 1. The van der Waals surface area contributed by atoms with Crippen molar-refractivity contribution in [1.29, 1.82) is 0 Å². The largest absolute Gasteiger partial charge is 0.378 e. The van der Waals surface area contributed by atoms with Crippen LogP contribution in [-0.2, 0) is 20.8 Å². The first kappa shape index (κ1) is 20.9. The van der Waals surface area contributed by atoms with Crippen molar-refractivity contribution in [2.45, 2.75) is 44.8 Å². The molecule has 3 fully saturated rings. The van der Waals surface area contributed by atoms with Crippen molar-refractivity contribution < 1.29 is 14.3 Å². The average molecular weight is 449 g/mol. The highest BCUT2D eigenvalue weighted by Crippen LogP contribution is 2.42. The van der Waals surface area contributed by atoms with Gasteiger partial charge in [0.2, 0.25) is 5.91 Å². The minimum Gasteiger partial charge on any atom is -0.378 e. The van der Waals surface area contributed by atoms with Crippen molar-refractivity contribution in [2.24, 2.45) is 11.8 Å². The van der Waals surface area contributed by atoms with Crippen molar-refractivity contribution in [2.75, 3.05) is 48.0 Å². The number of carbonyl (C=O) groups is 1. The third-order valence-electron chi connectivity index (χ3n) is 7.70. The maximum atomic E-state index is 14.0. The molecule has 4 aliphatic rings. The number of amides is 1. The predicted molar refractivity (Wildman–Crippen MR) is 128 cm³/mol. The maximum absolute atomic E-state index is 14.0. The van der Waals surface area contributed by atoms with E-state index in [1.807, 2.05) is 11.0 Å². The van der Waals surface area contributed by atoms with E-state index in [1.165, 1.54) is 6.42 Å². The summed E-state index contributed by atoms with van der Waals surface area (Å²) >= 11 is 0. The van der Waals surface area contributed by atoms with Gasteiger partial charge in [0, 0.05) is 43.1 Å². The van der Waals surface area contributed by atoms with Gasteiger partial charge in [0.25, 0.3) is 0 Å². The van der Waals surface area contributed by atoms with Crippen LogP contribution in [0.3, 0.4) is 0 Å². The second kappa shape index (κ2) is 8.95. The number of rotatable bonds is 2. The SMILES string of the molecule is O=C([C@@H]1CC[C@H]2OCCC[C@H]2C1)N1Cc2cccnc2Nc2ccc(N3CCOCC3)cc21. The fourth-order valence-electron chi connectivity index (χ4n) is 5.91. The number of fused-ring (bicyclic) bond motifs is 3. The van der Waals surface area contributed by atoms with Crippen LogP contribution in [0.2, 0.25) is 0 Å². The Kier molecular flexibility index (Phi) is 5.68. The number of hydrogen-bond acceptors (Lipinski definition) is 6. The molecule has 1 aromatic heterocycles. The lowest BCUT2D eigenvalue weighted by Crippen LogP contribution is -2.42. The topological polar surface area (TPSA) is 66.9 Å². The highest BCUT2D eigenvalue weighted by molar-refractivity contribution is 6.00. The van der Waals surface area contributed by atoms with Crippen LogP contribution in [0.5, 0.6) is 0 Å². The van der Waals surface area contributed by atoms with Gasteiger partial charge in [-0.3, -0.25) is 4.79 Å². The lowest BCUT2D eigenvalue weighted by Gasteiger charge is -2.40. The second-order valence-corrected chi connectivity index (χ2v) is 9.68. The summed E-state index contributed by atoms with van der Waals surface area (Å²) in [6, 6.07) is 10.4. The van der Waals surface area contributed by atoms with Crippen LogP contribution in [0.15, 0.2) is 36.5 Å². The molecule has 3 atom stereocenters. The Morgan fingerprint density at radius 3 is 2.91 bits per heavy atom. The maximum Gasteiger partial charge on any atom is 0.230 e. The molecule has 1 saturated carbocycles. The van der Waals surface area contributed by atoms with Gasteiger partial charge in [0.15, 0.2) is 0 Å². The molecular formula is C26H32N4O3. The van der Waals surface area contributed by atoms with E-state index < -0.39 is 0 Å². The minimum atomic E-state index is 0.0473. The fraction of sp³-hybridized carbons (Fsp3) is 0.538. The van der Waals surface area contributed by atoms with Crippen LogP contribution in [0.25, 0.3) is 0 Å². The first-order valence-corrected chi connectivity index (χ1v) is 12.4. The van der Waals surface area contributed by atoms with Crippen molar-refractivity contribution in [3.63, 3.8) is 0 Å². The number of morpholine rings is 1. The first-order valence-electron chi connectivity index (χ1n) is 12.4. The van der Waals surface area contributed by atoms with Gasteiger partial charge in [0.1, 0.15) is 5.82 Å². The minimum absolute atomic E-state index is 0.0473. The Balaban J connectivity index is 1.34. The van der Waals surface area contributed by atoms with E-state index in [4.69, 9.17) is 9.47 Å². The van der Waals surface area contributed by atoms with Crippen LogP contribution in [-0.4, -0.2) is 49.9 Å². The van der Waals surface area contributed by atoms with E-state index in [2.05, 4.69) is 39.5 Å². The van der Waals surface area contributed by atoms with Crippen molar-refractivity contribution in [1.82, 2.24) is 4.98 Å². The van der Waals surface area contributed by atoms with Gasteiger partial charge < -0.3 is 24.6 Å². The first-order chi connectivity index (χ1) is 16.3. The van der Waals surface area contributed by atoms with Crippen LogP contribution < -0.4 is 15.1 Å². The van der Waals surface area contributed by atoms with Crippen LogP contribution in [0.1, 0.15) is 37.7 Å². The number of aromatic nitrogens is 1. The normalized spacial score (nSPS) is 27.0. The fourth-order valence-corrected chi connectivity index (χ4v) is 5.91. The number of anilines is 4. The monoisotopic (exact) mass is 448 g/mol. The molecule has 2 aromatic rings. The molecule has 7 heteroatoms. The number of carbonyl (C=O) groups excluding carboxylic acids is 1. The lowest BCUT2D eigenvalue weighted by atomic mass is 9.75. The molecule has 7 nitrogen and oxygen atoms in total. The summed E-state index contributed by atoms with van der Waals surface area (Å²) in [6.45, 7) is 4.62. The predicted octanol–water partition coefficient (Wildman–Crippen LogP) is 4.10. The van der Waals surface area contributed by atoms with Crippen molar-refractivity contribution in [3.05, 3.63) is 42.1 Å². The van der Waals surface area contributed by atoms with Gasteiger partial charge in [-0.15, -0.1) is 0 Å².